The van der Waals surface area contributed by atoms with Gasteiger partial charge in [0.2, 0.25) is 5.91 Å². The topological polar surface area (TPSA) is 82.8 Å². The Labute approximate surface area is 149 Å². The van der Waals surface area contributed by atoms with Gasteiger partial charge in [-0.15, -0.1) is 12.4 Å². The smallest absolute Gasteiger partial charge is 0.227 e. The second-order valence-electron chi connectivity index (χ2n) is 5.89. The van der Waals surface area contributed by atoms with Crippen LogP contribution in [-0.4, -0.2) is 33.8 Å². The summed E-state index contributed by atoms with van der Waals surface area (Å²) >= 11 is 0. The van der Waals surface area contributed by atoms with E-state index < -0.39 is 5.41 Å². The predicted octanol–water partition coefficient (Wildman–Crippen LogP) is 2.27. The first kappa shape index (κ1) is 20.4. The standard InChI is InChI=1S/C17H26N2O4.ClH/c1-21-13-9-15(23-3)14(22-2)8-12(13)10-19-16(20)17(11-18)6-4-5-7-17;/h8-9H,4-7,10-11,18H2,1-3H3,(H,19,20);1H. The Morgan fingerprint density at radius 3 is 2.12 bits per heavy atom. The maximum Gasteiger partial charge on any atom is 0.227 e. The largest absolute Gasteiger partial charge is 0.496 e. The van der Waals surface area contributed by atoms with E-state index in [1.54, 1.807) is 27.4 Å². The first-order valence-electron chi connectivity index (χ1n) is 7.87. The minimum absolute atomic E-state index is 0. The fraction of sp³-hybridized carbons (Fsp3) is 0.588. The summed E-state index contributed by atoms with van der Waals surface area (Å²) in [6, 6.07) is 3.58. The van der Waals surface area contributed by atoms with Crippen LogP contribution in [0, 0.1) is 5.41 Å². The van der Waals surface area contributed by atoms with Gasteiger partial charge < -0.3 is 25.3 Å². The van der Waals surface area contributed by atoms with Gasteiger partial charge >= 0.3 is 0 Å². The number of halogens is 1. The molecule has 0 saturated heterocycles. The highest BCUT2D eigenvalue weighted by Gasteiger charge is 2.39. The minimum atomic E-state index is -0.413. The Kier molecular flexibility index (Phi) is 7.63. The van der Waals surface area contributed by atoms with E-state index in [1.165, 1.54) is 0 Å². The Morgan fingerprint density at radius 1 is 1.08 bits per heavy atom. The van der Waals surface area contributed by atoms with Crippen LogP contribution in [0.5, 0.6) is 17.2 Å². The number of carbonyl (C=O) groups excluding carboxylic acids is 1. The third kappa shape index (κ3) is 4.05. The van der Waals surface area contributed by atoms with Crippen molar-refractivity contribution in [3.05, 3.63) is 17.7 Å². The van der Waals surface area contributed by atoms with Crippen molar-refractivity contribution in [3.8, 4) is 17.2 Å². The van der Waals surface area contributed by atoms with E-state index in [1.807, 2.05) is 6.07 Å². The van der Waals surface area contributed by atoms with Gasteiger partial charge in [0.1, 0.15) is 5.75 Å². The molecule has 0 heterocycles. The van der Waals surface area contributed by atoms with E-state index in [9.17, 15) is 4.79 Å². The molecule has 0 aliphatic heterocycles. The Balaban J connectivity index is 0.00000288. The number of amides is 1. The van der Waals surface area contributed by atoms with Crippen molar-refractivity contribution >= 4 is 18.3 Å². The van der Waals surface area contributed by atoms with Crippen LogP contribution in [0.15, 0.2) is 12.1 Å². The maximum atomic E-state index is 12.6. The molecule has 7 heteroatoms. The van der Waals surface area contributed by atoms with E-state index in [-0.39, 0.29) is 18.3 Å². The first-order valence-corrected chi connectivity index (χ1v) is 7.87. The van der Waals surface area contributed by atoms with Crippen LogP contribution in [0.1, 0.15) is 31.2 Å². The zero-order valence-corrected chi connectivity index (χ0v) is 15.3. The van der Waals surface area contributed by atoms with Crippen molar-refractivity contribution in [2.45, 2.75) is 32.2 Å². The summed E-state index contributed by atoms with van der Waals surface area (Å²) in [6.45, 7) is 0.756. The molecular weight excluding hydrogens is 332 g/mol. The van der Waals surface area contributed by atoms with E-state index in [0.717, 1.165) is 31.2 Å². The number of nitrogens with one attached hydrogen (secondary N) is 1. The molecule has 0 spiro atoms. The average Bonchev–Trinajstić information content (AvgIpc) is 3.09. The van der Waals surface area contributed by atoms with Gasteiger partial charge in [-0.3, -0.25) is 4.79 Å². The van der Waals surface area contributed by atoms with Crippen molar-refractivity contribution in [1.29, 1.82) is 0 Å². The molecule has 6 nitrogen and oxygen atoms in total. The number of carbonyl (C=O) groups is 1. The quantitative estimate of drug-likeness (QED) is 0.781. The molecular formula is C17H27ClN2O4. The average molecular weight is 359 g/mol. The third-order valence-electron chi connectivity index (χ3n) is 4.66. The summed E-state index contributed by atoms with van der Waals surface area (Å²) in [7, 11) is 4.74. The molecule has 0 radical (unpaired) electrons. The van der Waals surface area contributed by atoms with Gasteiger partial charge in [-0.05, 0) is 18.9 Å². The number of methoxy groups -OCH3 is 3. The molecule has 0 bridgehead atoms. The molecule has 0 aromatic heterocycles. The van der Waals surface area contributed by atoms with Crippen molar-refractivity contribution in [2.24, 2.45) is 11.1 Å². The normalized spacial score (nSPS) is 15.3. The van der Waals surface area contributed by atoms with Crippen molar-refractivity contribution in [2.75, 3.05) is 27.9 Å². The monoisotopic (exact) mass is 358 g/mol. The zero-order chi connectivity index (χ0) is 16.9. The van der Waals surface area contributed by atoms with Crippen LogP contribution >= 0.6 is 12.4 Å². The van der Waals surface area contributed by atoms with E-state index in [4.69, 9.17) is 19.9 Å². The molecule has 1 saturated carbocycles. The lowest BCUT2D eigenvalue weighted by Gasteiger charge is -2.26. The summed E-state index contributed by atoms with van der Waals surface area (Å²) in [5.74, 6) is 1.87. The summed E-state index contributed by atoms with van der Waals surface area (Å²) in [5, 5.41) is 3.00. The van der Waals surface area contributed by atoms with Crippen molar-refractivity contribution in [3.63, 3.8) is 0 Å². The highest BCUT2D eigenvalue weighted by Crippen LogP contribution is 2.38. The van der Waals surface area contributed by atoms with Crippen LogP contribution < -0.4 is 25.3 Å². The molecule has 1 aliphatic carbocycles. The lowest BCUT2D eigenvalue weighted by Crippen LogP contribution is -2.43. The van der Waals surface area contributed by atoms with Crippen LogP contribution in [0.4, 0.5) is 0 Å². The Hall–Kier alpha value is -1.66. The summed E-state index contributed by atoms with van der Waals surface area (Å²) in [5.41, 5.74) is 6.28. The second kappa shape index (κ2) is 8.99. The molecule has 0 atom stereocenters. The number of hydrogen-bond acceptors (Lipinski definition) is 5. The minimum Gasteiger partial charge on any atom is -0.496 e. The zero-order valence-electron chi connectivity index (χ0n) is 14.5. The van der Waals surface area contributed by atoms with Gasteiger partial charge in [0.15, 0.2) is 11.5 Å². The van der Waals surface area contributed by atoms with E-state index in [0.29, 0.717) is 30.3 Å². The van der Waals surface area contributed by atoms with Crippen molar-refractivity contribution < 1.29 is 19.0 Å². The molecule has 24 heavy (non-hydrogen) atoms. The van der Waals surface area contributed by atoms with Gasteiger partial charge in [-0.25, -0.2) is 0 Å². The molecule has 2 rings (SSSR count). The predicted molar refractivity (Wildman–Crippen MR) is 95.1 cm³/mol. The highest BCUT2D eigenvalue weighted by atomic mass is 35.5. The van der Waals surface area contributed by atoms with Crippen molar-refractivity contribution in [1.82, 2.24) is 5.32 Å². The SMILES string of the molecule is COc1cc(OC)c(OC)cc1CNC(=O)C1(CN)CCCC1.Cl. The van der Waals surface area contributed by atoms with Crippen LogP contribution in [0.3, 0.4) is 0 Å². The molecule has 3 N–H and O–H groups in total. The number of benzene rings is 1. The van der Waals surface area contributed by atoms with E-state index >= 15 is 0 Å². The van der Waals surface area contributed by atoms with Crippen LogP contribution in [0.25, 0.3) is 0 Å². The highest BCUT2D eigenvalue weighted by molar-refractivity contribution is 5.85. The van der Waals surface area contributed by atoms with E-state index in [2.05, 4.69) is 5.32 Å². The molecule has 1 fully saturated rings. The van der Waals surface area contributed by atoms with Gasteiger partial charge in [0.25, 0.3) is 0 Å². The number of hydrogen-bond donors (Lipinski definition) is 2. The Bertz CT molecular complexity index is 560. The number of rotatable bonds is 7. The molecule has 1 amide bonds. The van der Waals surface area contributed by atoms with Gasteiger partial charge in [0, 0.05) is 24.7 Å². The fourth-order valence-electron chi connectivity index (χ4n) is 3.17. The summed E-state index contributed by atoms with van der Waals surface area (Å²) in [4.78, 5) is 12.6. The third-order valence-corrected chi connectivity index (χ3v) is 4.66. The summed E-state index contributed by atoms with van der Waals surface area (Å²) < 4.78 is 16.0. The molecule has 1 aromatic rings. The molecule has 0 unspecified atom stereocenters. The lowest BCUT2D eigenvalue weighted by atomic mass is 9.85. The number of ether oxygens (including phenoxy) is 3. The maximum absolute atomic E-state index is 12.6. The molecule has 1 aliphatic rings. The first-order chi connectivity index (χ1) is 11.1. The molecule has 1 aromatic carbocycles. The van der Waals surface area contributed by atoms with Gasteiger partial charge in [0.05, 0.1) is 26.7 Å². The van der Waals surface area contributed by atoms with Crippen LogP contribution in [-0.2, 0) is 11.3 Å². The lowest BCUT2D eigenvalue weighted by molar-refractivity contribution is -0.130. The van der Waals surface area contributed by atoms with Gasteiger partial charge in [-0.1, -0.05) is 12.8 Å². The Morgan fingerprint density at radius 2 is 1.62 bits per heavy atom. The molecule has 136 valence electrons. The number of nitrogens with two attached hydrogens (primary N) is 1. The van der Waals surface area contributed by atoms with Crippen LogP contribution in [0.2, 0.25) is 0 Å². The van der Waals surface area contributed by atoms with Gasteiger partial charge in [-0.2, -0.15) is 0 Å². The summed E-state index contributed by atoms with van der Waals surface area (Å²) in [6.07, 6.45) is 3.84. The fourth-order valence-corrected chi connectivity index (χ4v) is 3.17. The second-order valence-corrected chi connectivity index (χ2v) is 5.89.